The summed E-state index contributed by atoms with van der Waals surface area (Å²) in [5, 5.41) is 10.6. The van der Waals surface area contributed by atoms with Crippen molar-refractivity contribution in [2.24, 2.45) is 4.99 Å². The van der Waals surface area contributed by atoms with Gasteiger partial charge in [0.1, 0.15) is 18.8 Å². The zero-order valence-electron chi connectivity index (χ0n) is 17.8. The van der Waals surface area contributed by atoms with Gasteiger partial charge in [-0.1, -0.05) is 36.4 Å². The number of carbonyl (C=O) groups is 2. The Morgan fingerprint density at radius 3 is 2.00 bits per heavy atom. The van der Waals surface area contributed by atoms with Crippen LogP contribution >= 0.6 is 0 Å². The van der Waals surface area contributed by atoms with Crippen LogP contribution in [0.4, 0.5) is 0 Å². The summed E-state index contributed by atoms with van der Waals surface area (Å²) < 4.78 is 21.2. The highest BCUT2D eigenvalue weighted by Gasteiger charge is 2.33. The molecule has 0 aromatic heterocycles. The van der Waals surface area contributed by atoms with E-state index in [4.69, 9.17) is 18.9 Å². The zero-order valence-corrected chi connectivity index (χ0v) is 17.8. The molecule has 8 heteroatoms. The molecular formula is C23H27NO7. The molecule has 2 aromatic carbocycles. The largest absolute Gasteiger partial charge is 0.484 e. The number of methoxy groups -OCH3 is 2. The third kappa shape index (κ3) is 7.51. The molecule has 0 aliphatic heterocycles. The topological polar surface area (TPSA) is 104 Å². The van der Waals surface area contributed by atoms with Crippen molar-refractivity contribution in [2.45, 2.75) is 25.2 Å². The molecule has 3 atom stereocenters. The molecule has 166 valence electrons. The van der Waals surface area contributed by atoms with Crippen molar-refractivity contribution >= 4 is 17.8 Å². The van der Waals surface area contributed by atoms with Crippen LogP contribution in [0.3, 0.4) is 0 Å². The Kier molecular flexibility index (Phi) is 9.67. The normalized spacial score (nSPS) is 14.3. The second kappa shape index (κ2) is 12.5. The first-order chi connectivity index (χ1) is 15.0. The van der Waals surface area contributed by atoms with Crippen LogP contribution in [-0.4, -0.2) is 68.6 Å². The maximum Gasteiger partial charge on any atom is 0.338 e. The smallest absolute Gasteiger partial charge is 0.338 e. The number of aliphatic hydroxyl groups excluding tert-OH is 1. The second-order valence-electron chi connectivity index (χ2n) is 6.61. The van der Waals surface area contributed by atoms with Crippen LogP contribution in [0, 0.1) is 0 Å². The highest BCUT2D eigenvalue weighted by atomic mass is 16.6. The van der Waals surface area contributed by atoms with E-state index >= 15 is 0 Å². The predicted molar refractivity (Wildman–Crippen MR) is 114 cm³/mol. The second-order valence-corrected chi connectivity index (χ2v) is 6.61. The third-order valence-electron chi connectivity index (χ3n) is 4.47. The SMILES string of the molecule is COC(C)=NCC(OC(=O)c1ccccc1)C(OC)C(O)COC(=O)c1ccccc1. The fourth-order valence-corrected chi connectivity index (χ4v) is 2.74. The van der Waals surface area contributed by atoms with Crippen molar-refractivity contribution in [3.8, 4) is 0 Å². The minimum atomic E-state index is -1.26. The lowest BCUT2D eigenvalue weighted by Gasteiger charge is -2.28. The molecule has 0 aliphatic carbocycles. The molecule has 0 saturated heterocycles. The maximum absolute atomic E-state index is 12.5. The van der Waals surface area contributed by atoms with E-state index in [1.54, 1.807) is 67.6 Å². The first kappa shape index (κ1) is 24.0. The van der Waals surface area contributed by atoms with Crippen LogP contribution in [0.2, 0.25) is 0 Å². The molecule has 3 unspecified atom stereocenters. The molecule has 1 N–H and O–H groups in total. The summed E-state index contributed by atoms with van der Waals surface area (Å²) in [5.74, 6) is -0.799. The lowest BCUT2D eigenvalue weighted by molar-refractivity contribution is -0.100. The number of hydrogen-bond acceptors (Lipinski definition) is 8. The standard InChI is InChI=1S/C23H27NO7/c1-16(28-2)24-14-20(31-23(27)18-12-8-5-9-13-18)21(29-3)19(25)15-30-22(26)17-10-6-4-7-11-17/h4-13,19-21,25H,14-15H2,1-3H3. The third-order valence-corrected chi connectivity index (χ3v) is 4.47. The van der Waals surface area contributed by atoms with Gasteiger partial charge in [-0.15, -0.1) is 0 Å². The maximum atomic E-state index is 12.5. The van der Waals surface area contributed by atoms with E-state index in [9.17, 15) is 14.7 Å². The van der Waals surface area contributed by atoms with Gasteiger partial charge >= 0.3 is 11.9 Å². The number of aliphatic hydroxyl groups is 1. The van der Waals surface area contributed by atoms with E-state index in [0.717, 1.165) is 0 Å². The molecule has 0 spiro atoms. The Morgan fingerprint density at radius 1 is 0.935 bits per heavy atom. The van der Waals surface area contributed by atoms with Crippen LogP contribution < -0.4 is 0 Å². The summed E-state index contributed by atoms with van der Waals surface area (Å²) in [5.41, 5.74) is 0.704. The van der Waals surface area contributed by atoms with E-state index in [0.29, 0.717) is 17.0 Å². The van der Waals surface area contributed by atoms with Crippen molar-refractivity contribution in [1.82, 2.24) is 0 Å². The molecule has 0 fully saturated rings. The van der Waals surface area contributed by atoms with Crippen LogP contribution in [0.5, 0.6) is 0 Å². The van der Waals surface area contributed by atoms with E-state index in [1.165, 1.54) is 14.2 Å². The number of aliphatic imine (C=N–C) groups is 1. The highest BCUT2D eigenvalue weighted by molar-refractivity contribution is 5.89. The molecular weight excluding hydrogens is 402 g/mol. The van der Waals surface area contributed by atoms with E-state index < -0.39 is 30.3 Å². The van der Waals surface area contributed by atoms with Gasteiger partial charge in [0.15, 0.2) is 12.0 Å². The number of carbonyl (C=O) groups excluding carboxylic acids is 2. The van der Waals surface area contributed by atoms with Crippen LogP contribution in [-0.2, 0) is 18.9 Å². The minimum absolute atomic E-state index is 0.0134. The first-order valence-corrected chi connectivity index (χ1v) is 9.70. The van der Waals surface area contributed by atoms with E-state index in [2.05, 4.69) is 4.99 Å². The van der Waals surface area contributed by atoms with Crippen molar-refractivity contribution in [3.05, 3.63) is 71.8 Å². The number of nitrogens with zero attached hydrogens (tertiary/aromatic N) is 1. The number of rotatable bonds is 10. The van der Waals surface area contributed by atoms with Crippen molar-refractivity contribution in [2.75, 3.05) is 27.4 Å². The van der Waals surface area contributed by atoms with E-state index in [-0.39, 0.29) is 13.2 Å². The van der Waals surface area contributed by atoms with Gasteiger partial charge in [-0.3, -0.25) is 4.99 Å². The number of hydrogen-bond donors (Lipinski definition) is 1. The Bertz CT molecular complexity index is 855. The Balaban J connectivity index is 2.10. The summed E-state index contributed by atoms with van der Waals surface area (Å²) in [4.78, 5) is 28.9. The lowest BCUT2D eigenvalue weighted by Crippen LogP contribution is -2.45. The fraction of sp³-hybridized carbons (Fsp3) is 0.348. The summed E-state index contributed by atoms with van der Waals surface area (Å²) in [6.45, 7) is 1.29. The average Bonchev–Trinajstić information content (AvgIpc) is 2.81. The van der Waals surface area contributed by atoms with Crippen molar-refractivity contribution in [1.29, 1.82) is 0 Å². The van der Waals surface area contributed by atoms with Crippen molar-refractivity contribution in [3.63, 3.8) is 0 Å². The first-order valence-electron chi connectivity index (χ1n) is 9.70. The molecule has 8 nitrogen and oxygen atoms in total. The van der Waals surface area contributed by atoms with E-state index in [1.807, 2.05) is 0 Å². The average molecular weight is 429 g/mol. The van der Waals surface area contributed by atoms with Gasteiger partial charge in [0, 0.05) is 14.0 Å². The van der Waals surface area contributed by atoms with Gasteiger partial charge in [-0.05, 0) is 24.3 Å². The minimum Gasteiger partial charge on any atom is -0.484 e. The fourth-order valence-electron chi connectivity index (χ4n) is 2.74. The molecule has 0 amide bonds. The molecule has 31 heavy (non-hydrogen) atoms. The molecule has 0 radical (unpaired) electrons. The quantitative estimate of drug-likeness (QED) is 0.352. The van der Waals surface area contributed by atoms with Gasteiger partial charge in [0.25, 0.3) is 0 Å². The van der Waals surface area contributed by atoms with Crippen LogP contribution in [0.15, 0.2) is 65.7 Å². The molecule has 2 rings (SSSR count). The number of benzene rings is 2. The molecule has 0 bridgehead atoms. The van der Waals surface area contributed by atoms with Gasteiger partial charge in [-0.25, -0.2) is 9.59 Å². The summed E-state index contributed by atoms with van der Waals surface area (Å²) in [6, 6.07) is 16.8. The Hall–Kier alpha value is -3.23. The lowest BCUT2D eigenvalue weighted by atomic mass is 10.1. The zero-order chi connectivity index (χ0) is 22.6. The monoisotopic (exact) mass is 429 g/mol. The molecule has 0 heterocycles. The van der Waals surface area contributed by atoms with Gasteiger partial charge in [0.05, 0.1) is 24.8 Å². The molecule has 0 saturated carbocycles. The van der Waals surface area contributed by atoms with Gasteiger partial charge < -0.3 is 24.1 Å². The molecule has 2 aromatic rings. The van der Waals surface area contributed by atoms with Crippen LogP contribution in [0.1, 0.15) is 27.6 Å². The number of esters is 2. The molecule has 0 aliphatic rings. The summed E-state index contributed by atoms with van der Waals surface area (Å²) in [6.07, 6.45) is -3.21. The Labute approximate surface area is 181 Å². The van der Waals surface area contributed by atoms with Gasteiger partial charge in [-0.2, -0.15) is 0 Å². The number of ether oxygens (including phenoxy) is 4. The summed E-state index contributed by atoms with van der Waals surface area (Å²) >= 11 is 0. The van der Waals surface area contributed by atoms with Gasteiger partial charge in [0.2, 0.25) is 0 Å². The van der Waals surface area contributed by atoms with Crippen LogP contribution in [0.25, 0.3) is 0 Å². The highest BCUT2D eigenvalue weighted by Crippen LogP contribution is 2.14. The van der Waals surface area contributed by atoms with Crippen molar-refractivity contribution < 1.29 is 33.6 Å². The predicted octanol–water partition coefficient (Wildman–Crippen LogP) is 2.51. The summed E-state index contributed by atoms with van der Waals surface area (Å²) in [7, 11) is 2.83. The Morgan fingerprint density at radius 2 is 1.48 bits per heavy atom.